The Morgan fingerprint density at radius 1 is 1.26 bits per heavy atom. The minimum Gasteiger partial charge on any atom is -0.488 e. The third-order valence-electron chi connectivity index (χ3n) is 4.07. The number of nitrogens with zero attached hydrogens (tertiary/aromatic N) is 3. The van der Waals surface area contributed by atoms with Crippen LogP contribution in [0.1, 0.15) is 17.5 Å². The molecule has 1 saturated heterocycles. The zero-order valence-corrected chi connectivity index (χ0v) is 15.3. The molecule has 1 aliphatic heterocycles. The number of nitriles is 2. The molecule has 0 saturated carbocycles. The molecule has 0 spiro atoms. The zero-order chi connectivity index (χ0) is 19.2. The number of hydrogen-bond acceptors (Lipinski definition) is 7. The molecule has 0 amide bonds. The Labute approximate surface area is 160 Å². The lowest BCUT2D eigenvalue weighted by atomic mass is 9.97. The molecular formula is C19H17FN4O2S. The van der Waals surface area contributed by atoms with E-state index in [1.165, 1.54) is 0 Å². The van der Waals surface area contributed by atoms with Gasteiger partial charge in [-0.15, -0.1) is 11.8 Å². The van der Waals surface area contributed by atoms with Gasteiger partial charge in [-0.05, 0) is 17.7 Å². The van der Waals surface area contributed by atoms with E-state index >= 15 is 0 Å². The van der Waals surface area contributed by atoms with E-state index in [1.54, 1.807) is 24.3 Å². The number of alkyl halides is 1. The van der Waals surface area contributed by atoms with E-state index in [2.05, 4.69) is 11.1 Å². The molecule has 1 aromatic carbocycles. The number of ether oxygens (including phenoxy) is 2. The molecule has 2 heterocycles. The van der Waals surface area contributed by atoms with Crippen molar-refractivity contribution in [3.63, 3.8) is 0 Å². The molecule has 8 heteroatoms. The summed E-state index contributed by atoms with van der Waals surface area (Å²) < 4.78 is 23.7. The highest BCUT2D eigenvalue weighted by atomic mass is 32.2. The normalized spacial score (nSPS) is 15.9. The molecule has 0 bridgehead atoms. The maximum Gasteiger partial charge on any atom is 0.143 e. The molecule has 2 aromatic rings. The lowest BCUT2D eigenvalue weighted by molar-refractivity contribution is 0.141. The van der Waals surface area contributed by atoms with Crippen molar-refractivity contribution in [2.45, 2.75) is 17.6 Å². The van der Waals surface area contributed by atoms with Gasteiger partial charge < -0.3 is 15.2 Å². The fraction of sp³-hybridized carbons (Fsp3) is 0.316. The predicted octanol–water partition coefficient (Wildman–Crippen LogP) is 3.30. The van der Waals surface area contributed by atoms with Crippen molar-refractivity contribution >= 4 is 17.6 Å². The number of pyridine rings is 1. The number of hydrogen-bond donors (Lipinski definition) is 1. The van der Waals surface area contributed by atoms with E-state index < -0.39 is 6.67 Å². The van der Waals surface area contributed by atoms with Crippen LogP contribution in [0.3, 0.4) is 0 Å². The molecule has 0 unspecified atom stereocenters. The third kappa shape index (κ3) is 4.13. The summed E-state index contributed by atoms with van der Waals surface area (Å²) in [5, 5.41) is 19.5. The highest BCUT2D eigenvalue weighted by Gasteiger charge is 2.21. The first kappa shape index (κ1) is 19.0. The van der Waals surface area contributed by atoms with Crippen LogP contribution in [-0.4, -0.2) is 36.7 Å². The van der Waals surface area contributed by atoms with Crippen molar-refractivity contribution in [2.24, 2.45) is 0 Å². The van der Waals surface area contributed by atoms with Crippen LogP contribution >= 0.6 is 11.8 Å². The predicted molar refractivity (Wildman–Crippen MR) is 100 cm³/mol. The van der Waals surface area contributed by atoms with Crippen LogP contribution in [0.2, 0.25) is 0 Å². The Bertz CT molecular complexity index is 900. The van der Waals surface area contributed by atoms with E-state index in [0.29, 0.717) is 35.1 Å². The molecule has 27 heavy (non-hydrogen) atoms. The molecule has 0 aliphatic carbocycles. The van der Waals surface area contributed by atoms with Crippen LogP contribution in [0.25, 0.3) is 11.1 Å². The van der Waals surface area contributed by atoms with Gasteiger partial charge in [-0.25, -0.2) is 4.98 Å². The maximum atomic E-state index is 12.6. The highest BCUT2D eigenvalue weighted by molar-refractivity contribution is 7.99. The largest absolute Gasteiger partial charge is 0.488 e. The lowest BCUT2D eigenvalue weighted by Gasteiger charge is -2.14. The van der Waals surface area contributed by atoms with Crippen molar-refractivity contribution < 1.29 is 13.9 Å². The molecule has 2 N–H and O–H groups in total. The monoisotopic (exact) mass is 384 g/mol. The Hall–Kier alpha value is -2.81. The van der Waals surface area contributed by atoms with Gasteiger partial charge in [-0.3, -0.25) is 4.39 Å². The average molecular weight is 384 g/mol. The van der Waals surface area contributed by atoms with Crippen LogP contribution in [0.15, 0.2) is 29.3 Å². The standard InChI is InChI=1S/C19H17FN4O2S/c20-6-8-27-19-16(10-22)17(15(9-21)18(23)24-19)12-1-3-13(4-2-12)26-14-5-7-25-11-14/h1-4,14H,5-8,11H2,(H2,23,24)/t14-/m1/s1. The van der Waals surface area contributed by atoms with Gasteiger partial charge in [0.1, 0.15) is 40.4 Å². The number of nitrogens with two attached hydrogens (primary N) is 1. The fourth-order valence-electron chi connectivity index (χ4n) is 2.82. The maximum absolute atomic E-state index is 12.6. The number of aromatic nitrogens is 1. The highest BCUT2D eigenvalue weighted by Crippen LogP contribution is 2.36. The van der Waals surface area contributed by atoms with E-state index in [-0.39, 0.29) is 28.8 Å². The third-order valence-corrected chi connectivity index (χ3v) is 4.99. The summed E-state index contributed by atoms with van der Waals surface area (Å²) in [5.74, 6) is 0.861. The topological polar surface area (TPSA) is 105 Å². The summed E-state index contributed by atoms with van der Waals surface area (Å²) in [6.07, 6.45) is 0.870. The average Bonchev–Trinajstić information content (AvgIpc) is 3.19. The van der Waals surface area contributed by atoms with Gasteiger partial charge >= 0.3 is 0 Å². The van der Waals surface area contributed by atoms with Crippen LogP contribution in [0.5, 0.6) is 5.75 Å². The number of anilines is 1. The van der Waals surface area contributed by atoms with E-state index in [9.17, 15) is 14.9 Å². The summed E-state index contributed by atoms with van der Waals surface area (Å²) in [6.45, 7) is 0.702. The minimum absolute atomic E-state index is 0.0243. The van der Waals surface area contributed by atoms with Crippen molar-refractivity contribution in [3.8, 4) is 29.0 Å². The second-order valence-corrected chi connectivity index (χ2v) is 6.90. The Morgan fingerprint density at radius 3 is 2.59 bits per heavy atom. The van der Waals surface area contributed by atoms with E-state index in [1.807, 2.05) is 6.07 Å². The van der Waals surface area contributed by atoms with Crippen LogP contribution < -0.4 is 10.5 Å². The summed E-state index contributed by atoms with van der Waals surface area (Å²) in [5.41, 5.74) is 7.32. The van der Waals surface area contributed by atoms with Crippen molar-refractivity contribution in [1.29, 1.82) is 10.5 Å². The number of benzene rings is 1. The Kier molecular flexibility index (Phi) is 6.12. The number of halogens is 1. The van der Waals surface area contributed by atoms with Crippen LogP contribution in [0, 0.1) is 22.7 Å². The number of thioether (sulfide) groups is 1. The van der Waals surface area contributed by atoms with Crippen LogP contribution in [-0.2, 0) is 4.74 Å². The summed E-state index contributed by atoms with van der Waals surface area (Å²) in [4.78, 5) is 4.11. The number of nitrogen functional groups attached to an aromatic ring is 1. The summed E-state index contributed by atoms with van der Waals surface area (Å²) in [6, 6.07) is 11.2. The first-order valence-electron chi connectivity index (χ1n) is 8.35. The molecule has 1 aliphatic rings. The summed E-state index contributed by atoms with van der Waals surface area (Å²) >= 11 is 1.10. The Morgan fingerprint density at radius 2 is 2.00 bits per heavy atom. The second-order valence-electron chi connectivity index (χ2n) is 5.82. The minimum atomic E-state index is -0.552. The first-order chi connectivity index (χ1) is 13.2. The Balaban J connectivity index is 2.00. The van der Waals surface area contributed by atoms with Gasteiger partial charge in [0, 0.05) is 17.7 Å². The zero-order valence-electron chi connectivity index (χ0n) is 14.4. The lowest BCUT2D eigenvalue weighted by Crippen LogP contribution is -2.15. The second kappa shape index (κ2) is 8.72. The smallest absolute Gasteiger partial charge is 0.143 e. The molecule has 1 atom stereocenters. The first-order valence-corrected chi connectivity index (χ1v) is 9.33. The quantitative estimate of drug-likeness (QED) is 0.762. The van der Waals surface area contributed by atoms with Gasteiger partial charge in [0.2, 0.25) is 0 Å². The molecular weight excluding hydrogens is 367 g/mol. The molecule has 1 aromatic heterocycles. The summed E-state index contributed by atoms with van der Waals surface area (Å²) in [7, 11) is 0. The van der Waals surface area contributed by atoms with Gasteiger partial charge in [-0.1, -0.05) is 12.1 Å². The van der Waals surface area contributed by atoms with Crippen molar-refractivity contribution in [3.05, 3.63) is 35.4 Å². The van der Waals surface area contributed by atoms with Gasteiger partial charge in [0.15, 0.2) is 0 Å². The van der Waals surface area contributed by atoms with Gasteiger partial charge in [0.25, 0.3) is 0 Å². The molecule has 0 radical (unpaired) electrons. The van der Waals surface area contributed by atoms with Crippen molar-refractivity contribution in [1.82, 2.24) is 4.98 Å². The molecule has 138 valence electrons. The molecule has 3 rings (SSSR count). The molecule has 1 fully saturated rings. The van der Waals surface area contributed by atoms with Crippen LogP contribution in [0.4, 0.5) is 10.2 Å². The van der Waals surface area contributed by atoms with E-state index in [4.69, 9.17) is 15.2 Å². The fourth-order valence-corrected chi connectivity index (χ4v) is 3.55. The van der Waals surface area contributed by atoms with Gasteiger partial charge in [0.05, 0.1) is 25.5 Å². The van der Waals surface area contributed by atoms with E-state index in [0.717, 1.165) is 18.2 Å². The SMILES string of the molecule is N#Cc1c(N)nc(SCCF)c(C#N)c1-c1ccc(O[C@@H]2CCOC2)cc1. The van der Waals surface area contributed by atoms with Gasteiger partial charge in [-0.2, -0.15) is 10.5 Å². The number of rotatable bonds is 6. The molecule has 6 nitrogen and oxygen atoms in total. The van der Waals surface area contributed by atoms with Crippen molar-refractivity contribution in [2.75, 3.05) is 31.4 Å².